The number of nitrogens with zero attached hydrogens (tertiary/aromatic N) is 2. The number of primary amides is 1. The van der Waals surface area contributed by atoms with E-state index in [1.54, 1.807) is 11.6 Å². The number of amidine groups is 1. The van der Waals surface area contributed by atoms with Crippen molar-refractivity contribution in [1.82, 2.24) is 20.5 Å². The monoisotopic (exact) mass is 645 g/mol. The van der Waals surface area contributed by atoms with Crippen molar-refractivity contribution in [2.24, 2.45) is 40.2 Å². The minimum absolute atomic E-state index is 0.0787. The van der Waals surface area contributed by atoms with Crippen LogP contribution in [0.4, 0.5) is 0 Å². The van der Waals surface area contributed by atoms with Gasteiger partial charge in [-0.2, -0.15) is 0 Å². The van der Waals surface area contributed by atoms with Crippen molar-refractivity contribution in [1.29, 1.82) is 0 Å². The van der Waals surface area contributed by atoms with Crippen LogP contribution >= 0.6 is 11.3 Å². The lowest BCUT2D eigenvalue weighted by molar-refractivity contribution is -0.517. The van der Waals surface area contributed by atoms with Crippen LogP contribution < -0.4 is 21.4 Å². The first-order chi connectivity index (χ1) is 20.9. The SMILES string of the molecule is CC(C)[C@H](NC(O)=[NH+][C@H](C(=O)N1C[C@H]2[C@@H]([C@H]1C(=O)NC(CCC1CCC1)C(=O)C(N)=O)C2(C)C)C(C)(C)C)C(=O)c1nccs1. The summed E-state index contributed by atoms with van der Waals surface area (Å²) in [7, 11) is 0. The maximum Gasteiger partial charge on any atom is 0.440 e. The van der Waals surface area contributed by atoms with E-state index in [2.05, 4.69) is 34.5 Å². The fourth-order valence-electron chi connectivity index (χ4n) is 6.85. The van der Waals surface area contributed by atoms with Crippen LogP contribution in [0.1, 0.15) is 90.4 Å². The fourth-order valence-corrected chi connectivity index (χ4v) is 7.46. The van der Waals surface area contributed by atoms with Gasteiger partial charge in [0.05, 0.1) is 6.04 Å². The molecule has 248 valence electrons. The van der Waals surface area contributed by atoms with Crippen molar-refractivity contribution in [3.63, 3.8) is 0 Å². The minimum Gasteiger partial charge on any atom is -0.447 e. The van der Waals surface area contributed by atoms with Crippen molar-refractivity contribution < 1.29 is 34.1 Å². The van der Waals surface area contributed by atoms with Gasteiger partial charge in [-0.25, -0.2) is 15.3 Å². The van der Waals surface area contributed by atoms with E-state index in [4.69, 9.17) is 5.73 Å². The fraction of sp³-hybridized carbons (Fsp3) is 0.719. The lowest BCUT2D eigenvalue weighted by Crippen LogP contribution is -2.89. The van der Waals surface area contributed by atoms with Gasteiger partial charge in [0.15, 0.2) is 17.1 Å². The number of Topliss-reactive ketones (excluding diaryl/α,β-unsaturated/α-hetero) is 2. The summed E-state index contributed by atoms with van der Waals surface area (Å²) in [6.07, 6.45) is 5.81. The smallest absolute Gasteiger partial charge is 0.440 e. The Morgan fingerprint density at radius 2 is 1.84 bits per heavy atom. The molecule has 3 amide bonds. The Hall–Kier alpha value is -3.35. The summed E-state index contributed by atoms with van der Waals surface area (Å²) in [5.74, 6) is -2.87. The maximum absolute atomic E-state index is 14.3. The highest BCUT2D eigenvalue weighted by molar-refractivity contribution is 7.11. The number of amides is 3. The molecule has 4 rings (SSSR count). The number of nitrogens with one attached hydrogen (secondary N) is 3. The second-order valence-corrected chi connectivity index (χ2v) is 15.8. The molecule has 2 aliphatic carbocycles. The van der Waals surface area contributed by atoms with E-state index >= 15 is 0 Å². The van der Waals surface area contributed by atoms with Gasteiger partial charge in [-0.3, -0.25) is 24.0 Å². The molecule has 0 bridgehead atoms. The Kier molecular flexibility index (Phi) is 10.1. The van der Waals surface area contributed by atoms with Gasteiger partial charge < -0.3 is 21.1 Å². The van der Waals surface area contributed by atoms with Gasteiger partial charge in [0.2, 0.25) is 17.5 Å². The number of carbonyl (C=O) groups excluding carboxylic acids is 5. The van der Waals surface area contributed by atoms with Crippen molar-refractivity contribution in [2.45, 2.75) is 105 Å². The molecule has 12 nitrogen and oxygen atoms in total. The Morgan fingerprint density at radius 1 is 1.18 bits per heavy atom. The number of thiazole rings is 1. The molecule has 1 aromatic heterocycles. The average Bonchev–Trinajstić information content (AvgIpc) is 3.38. The summed E-state index contributed by atoms with van der Waals surface area (Å²) in [4.78, 5) is 74.3. The Labute approximate surface area is 269 Å². The van der Waals surface area contributed by atoms with Crippen molar-refractivity contribution in [3.8, 4) is 0 Å². The van der Waals surface area contributed by atoms with Gasteiger partial charge in [0, 0.05) is 29.5 Å². The van der Waals surface area contributed by atoms with Gasteiger partial charge in [-0.1, -0.05) is 67.7 Å². The molecule has 45 heavy (non-hydrogen) atoms. The zero-order valence-corrected chi connectivity index (χ0v) is 28.2. The number of fused-ring (bicyclic) bond motifs is 1. The number of rotatable bonds is 13. The Bertz CT molecular complexity index is 1330. The van der Waals surface area contributed by atoms with E-state index in [1.165, 1.54) is 16.2 Å². The number of ketones is 2. The van der Waals surface area contributed by atoms with Gasteiger partial charge in [0.25, 0.3) is 11.8 Å². The van der Waals surface area contributed by atoms with Crippen LogP contribution in [0.3, 0.4) is 0 Å². The summed E-state index contributed by atoms with van der Waals surface area (Å²) in [6.45, 7) is 13.7. The molecule has 6 atom stereocenters. The molecular formula is C32H49N6O6S+. The van der Waals surface area contributed by atoms with Crippen LogP contribution in [0.25, 0.3) is 0 Å². The molecule has 3 fully saturated rings. The second-order valence-electron chi connectivity index (χ2n) is 14.9. The highest BCUT2D eigenvalue weighted by atomic mass is 32.1. The number of carbonyl (C=O) groups is 5. The van der Waals surface area contributed by atoms with Crippen molar-refractivity contribution in [2.75, 3.05) is 6.54 Å². The van der Waals surface area contributed by atoms with Gasteiger partial charge >= 0.3 is 6.02 Å². The molecular weight excluding hydrogens is 596 g/mol. The predicted molar refractivity (Wildman–Crippen MR) is 169 cm³/mol. The molecule has 13 heteroatoms. The first-order valence-electron chi connectivity index (χ1n) is 15.9. The first kappa shape index (κ1) is 34.5. The molecule has 3 aliphatic rings. The first-order valence-corrected chi connectivity index (χ1v) is 16.8. The third-order valence-corrected chi connectivity index (χ3v) is 10.8. The highest BCUT2D eigenvalue weighted by Crippen LogP contribution is 2.65. The minimum atomic E-state index is -1.10. The molecule has 6 N–H and O–H groups in total. The van der Waals surface area contributed by atoms with Crippen LogP contribution in [0.2, 0.25) is 0 Å². The zero-order chi connectivity index (χ0) is 33.4. The van der Waals surface area contributed by atoms with Crippen LogP contribution in [0, 0.1) is 34.5 Å². The maximum atomic E-state index is 14.3. The number of likely N-dealkylation sites (tertiary alicyclic amines) is 1. The van der Waals surface area contributed by atoms with Crippen molar-refractivity contribution >= 4 is 46.6 Å². The van der Waals surface area contributed by atoms with Crippen LogP contribution in [0.15, 0.2) is 11.6 Å². The largest absolute Gasteiger partial charge is 0.447 e. The summed E-state index contributed by atoms with van der Waals surface area (Å²) >= 11 is 1.21. The number of aliphatic hydroxyl groups excluding tert-OH is 1. The van der Waals surface area contributed by atoms with Gasteiger partial charge in [-0.15, -0.1) is 11.3 Å². The molecule has 0 radical (unpaired) electrons. The summed E-state index contributed by atoms with van der Waals surface area (Å²) in [5, 5.41) is 18.7. The Morgan fingerprint density at radius 3 is 2.36 bits per heavy atom. The van der Waals surface area contributed by atoms with E-state index in [9.17, 15) is 29.1 Å². The number of nitrogens with two attached hydrogens (primary N) is 1. The van der Waals surface area contributed by atoms with E-state index < -0.39 is 59.1 Å². The number of aromatic nitrogens is 1. The number of aliphatic hydroxyl groups is 1. The number of piperidine rings is 1. The van der Waals surface area contributed by atoms with Crippen LogP contribution in [0.5, 0.6) is 0 Å². The highest BCUT2D eigenvalue weighted by Gasteiger charge is 2.70. The molecule has 2 heterocycles. The Balaban J connectivity index is 1.56. The van der Waals surface area contributed by atoms with E-state index in [0.717, 1.165) is 19.3 Å². The van der Waals surface area contributed by atoms with E-state index in [0.29, 0.717) is 30.3 Å². The number of hydrogen-bond donors (Lipinski definition) is 5. The topological polar surface area (TPSA) is 186 Å². The molecule has 1 aromatic rings. The molecule has 1 unspecified atom stereocenters. The van der Waals surface area contributed by atoms with Crippen molar-refractivity contribution in [3.05, 3.63) is 16.6 Å². The summed E-state index contributed by atoms with van der Waals surface area (Å²) in [6, 6.07) is -4.10. The quantitative estimate of drug-likeness (QED) is 0.0908. The van der Waals surface area contributed by atoms with Gasteiger partial charge in [-0.05, 0) is 36.0 Å². The number of hydrogen-bond acceptors (Lipinski definition) is 7. The second kappa shape index (κ2) is 13.2. The third kappa shape index (κ3) is 7.39. The van der Waals surface area contributed by atoms with Crippen LogP contribution in [-0.2, 0) is 19.2 Å². The lowest BCUT2D eigenvalue weighted by atomic mass is 9.81. The zero-order valence-electron chi connectivity index (χ0n) is 27.4. The third-order valence-electron chi connectivity index (χ3n) is 10.0. The molecule has 2 saturated carbocycles. The summed E-state index contributed by atoms with van der Waals surface area (Å²) < 4.78 is 0. The van der Waals surface area contributed by atoms with E-state index in [1.807, 2.05) is 34.6 Å². The van der Waals surface area contributed by atoms with Gasteiger partial charge in [0.1, 0.15) is 6.04 Å². The molecule has 1 saturated heterocycles. The standard InChI is InChI=1S/C32H48N6O6S/c1-16(2)21(24(40)28-34-13-14-45-28)36-30(44)37-25(31(3,4)5)29(43)38-15-18-20(32(18,6)7)22(38)27(42)35-19(23(39)26(33)41)12-11-17-9-8-10-17/h13-14,16-22,25H,8-12,15H2,1-7H3,(H2,33,41)(H,35,42)(H2,36,37,44)/p+1/t18-,19?,20-,21-,22-,25+/m0/s1. The lowest BCUT2D eigenvalue weighted by Gasteiger charge is -2.35. The van der Waals surface area contributed by atoms with E-state index in [-0.39, 0.29) is 29.0 Å². The molecule has 1 aliphatic heterocycles. The molecule has 0 spiro atoms. The summed E-state index contributed by atoms with van der Waals surface area (Å²) in [5.41, 5.74) is 4.44. The van der Waals surface area contributed by atoms with Crippen LogP contribution in [-0.4, -0.2) is 81.0 Å². The normalized spacial score (nSPS) is 24.7. The predicted octanol–water partition coefficient (Wildman–Crippen LogP) is 0.952. The molecule has 0 aromatic carbocycles. The average molecular weight is 646 g/mol.